The Kier molecular flexibility index (Phi) is 4.10. The number of rotatable bonds is 4. The van der Waals surface area contributed by atoms with Crippen LogP contribution in [-0.4, -0.2) is 59.5 Å². The van der Waals surface area contributed by atoms with Crippen molar-refractivity contribution in [2.45, 2.75) is 24.5 Å². The van der Waals surface area contributed by atoms with Crippen LogP contribution in [0.4, 0.5) is 5.69 Å². The van der Waals surface area contributed by atoms with Gasteiger partial charge in [-0.25, -0.2) is 14.5 Å². The van der Waals surface area contributed by atoms with Gasteiger partial charge in [-0.15, -0.1) is 0 Å². The maximum absolute atomic E-state index is 10.7. The summed E-state index contributed by atoms with van der Waals surface area (Å²) in [5.74, 6) is 0. The van der Waals surface area contributed by atoms with Crippen LogP contribution in [-0.2, 0) is 13.8 Å². The molecule has 2 aromatic rings. The number of aromatic nitrogens is 3. The minimum Gasteiger partial charge on any atom is -0.397 e. The van der Waals surface area contributed by atoms with E-state index in [2.05, 4.69) is 14.5 Å². The topological polar surface area (TPSA) is 173 Å². The summed E-state index contributed by atoms with van der Waals surface area (Å²) in [6.07, 6.45) is -2.12. The summed E-state index contributed by atoms with van der Waals surface area (Å²) in [5, 5.41) is 20.1. The molecule has 23 heavy (non-hydrogen) atoms. The number of nitrogens with two attached hydrogens (primary N) is 1. The highest BCUT2D eigenvalue weighted by Crippen LogP contribution is 2.38. The molecule has 3 rings (SSSR count). The number of fused-ring (bicyclic) bond motifs is 1. The highest BCUT2D eigenvalue weighted by molar-refractivity contribution is 7.46. The maximum Gasteiger partial charge on any atom is 0.469 e. The van der Waals surface area contributed by atoms with E-state index in [0.29, 0.717) is 16.9 Å². The van der Waals surface area contributed by atoms with Crippen LogP contribution in [0.15, 0.2) is 18.6 Å². The number of imidazole rings is 1. The molecule has 6 N–H and O–H groups in total. The van der Waals surface area contributed by atoms with E-state index in [-0.39, 0.29) is 0 Å². The van der Waals surface area contributed by atoms with Crippen LogP contribution in [0.3, 0.4) is 0 Å². The highest BCUT2D eigenvalue weighted by Gasteiger charge is 2.45. The third-order valence-corrected chi connectivity index (χ3v) is 4.00. The second-order valence-electron chi connectivity index (χ2n) is 5.06. The molecule has 0 amide bonds. The number of aliphatic hydroxyl groups excluding tert-OH is 2. The fraction of sp³-hybridized carbons (Fsp3) is 0.455. The van der Waals surface area contributed by atoms with Crippen LogP contribution in [0, 0.1) is 0 Å². The molecule has 3 heterocycles. The number of hydrogen-bond donors (Lipinski definition) is 5. The third-order valence-electron chi connectivity index (χ3n) is 3.51. The van der Waals surface area contributed by atoms with Crippen molar-refractivity contribution in [3.05, 3.63) is 18.6 Å². The zero-order valence-corrected chi connectivity index (χ0v) is 12.5. The SMILES string of the molecule is Nc1ccnc2c1ncn2[C@@H]1OC(COP(=O)(O)O)[C@@H](O)[C@H]1O. The monoisotopic (exact) mass is 346 g/mol. The summed E-state index contributed by atoms with van der Waals surface area (Å²) in [6.45, 7) is -0.582. The molecule has 11 nitrogen and oxygen atoms in total. The smallest absolute Gasteiger partial charge is 0.397 e. The Bertz CT molecular complexity index is 762. The minimum absolute atomic E-state index is 0.345. The summed E-state index contributed by atoms with van der Waals surface area (Å²) in [4.78, 5) is 25.6. The van der Waals surface area contributed by atoms with Gasteiger partial charge in [0, 0.05) is 6.20 Å². The van der Waals surface area contributed by atoms with Crippen LogP contribution in [0.25, 0.3) is 11.2 Å². The number of phosphoric ester groups is 1. The van der Waals surface area contributed by atoms with Crippen LogP contribution in [0.1, 0.15) is 6.23 Å². The Morgan fingerprint density at radius 2 is 2.09 bits per heavy atom. The Balaban J connectivity index is 1.85. The Labute approximate surface area is 129 Å². The van der Waals surface area contributed by atoms with E-state index in [1.807, 2.05) is 0 Å². The number of pyridine rings is 1. The molecule has 2 aromatic heterocycles. The second kappa shape index (κ2) is 5.80. The lowest BCUT2D eigenvalue weighted by Gasteiger charge is -2.16. The fourth-order valence-corrected chi connectivity index (χ4v) is 2.75. The highest BCUT2D eigenvalue weighted by atomic mass is 31.2. The van der Waals surface area contributed by atoms with E-state index in [4.69, 9.17) is 20.3 Å². The van der Waals surface area contributed by atoms with Crippen LogP contribution >= 0.6 is 7.82 Å². The first-order valence-corrected chi connectivity index (χ1v) is 8.09. The summed E-state index contributed by atoms with van der Waals surface area (Å²) < 4.78 is 21.9. The molecule has 0 aliphatic carbocycles. The lowest BCUT2D eigenvalue weighted by Crippen LogP contribution is -2.33. The predicted octanol–water partition coefficient (Wildman–Crippen LogP) is -1.26. The summed E-state index contributed by atoms with van der Waals surface area (Å²) in [7, 11) is -4.71. The lowest BCUT2D eigenvalue weighted by molar-refractivity contribution is -0.0503. The molecule has 1 aliphatic rings. The summed E-state index contributed by atoms with van der Waals surface area (Å²) >= 11 is 0. The molecular weight excluding hydrogens is 331 g/mol. The molecule has 1 unspecified atom stereocenters. The van der Waals surface area contributed by atoms with Gasteiger partial charge in [0.25, 0.3) is 0 Å². The summed E-state index contributed by atoms with van der Waals surface area (Å²) in [5.41, 5.74) is 6.92. The van der Waals surface area contributed by atoms with Crippen molar-refractivity contribution < 1.29 is 33.8 Å². The molecule has 12 heteroatoms. The molecule has 1 saturated heterocycles. The molecule has 1 fully saturated rings. The van der Waals surface area contributed by atoms with Gasteiger partial charge in [-0.1, -0.05) is 0 Å². The molecule has 126 valence electrons. The van der Waals surface area contributed by atoms with Crippen molar-refractivity contribution in [3.8, 4) is 0 Å². The number of phosphoric acid groups is 1. The normalized spacial score (nSPS) is 28.5. The molecule has 0 aromatic carbocycles. The first kappa shape index (κ1) is 16.3. The number of nitrogen functional groups attached to an aromatic ring is 1. The van der Waals surface area contributed by atoms with Crippen LogP contribution in [0.2, 0.25) is 0 Å². The predicted molar refractivity (Wildman–Crippen MR) is 75.9 cm³/mol. The average molecular weight is 346 g/mol. The maximum atomic E-state index is 10.7. The van der Waals surface area contributed by atoms with Crippen molar-refractivity contribution in [2.24, 2.45) is 0 Å². The van der Waals surface area contributed by atoms with Crippen molar-refractivity contribution in [1.29, 1.82) is 0 Å². The number of ether oxygens (including phenoxy) is 1. The Morgan fingerprint density at radius 3 is 2.78 bits per heavy atom. The van der Waals surface area contributed by atoms with Gasteiger partial charge in [0.05, 0.1) is 18.6 Å². The first-order valence-electron chi connectivity index (χ1n) is 6.56. The quantitative estimate of drug-likeness (QED) is 0.420. The molecule has 0 spiro atoms. The number of anilines is 1. The van der Waals surface area contributed by atoms with Crippen molar-refractivity contribution >= 4 is 24.7 Å². The molecule has 0 bridgehead atoms. The number of aliphatic hydroxyl groups is 2. The van der Waals surface area contributed by atoms with Gasteiger partial charge in [0.15, 0.2) is 11.9 Å². The van der Waals surface area contributed by atoms with Crippen molar-refractivity contribution in [3.63, 3.8) is 0 Å². The van der Waals surface area contributed by atoms with Gasteiger partial charge in [0.2, 0.25) is 0 Å². The lowest BCUT2D eigenvalue weighted by atomic mass is 10.1. The zero-order valence-electron chi connectivity index (χ0n) is 11.6. The van der Waals surface area contributed by atoms with E-state index in [9.17, 15) is 14.8 Å². The molecule has 1 aliphatic heterocycles. The Morgan fingerprint density at radius 1 is 1.35 bits per heavy atom. The first-order chi connectivity index (χ1) is 10.8. The van der Waals surface area contributed by atoms with Gasteiger partial charge in [-0.3, -0.25) is 9.09 Å². The molecule has 4 atom stereocenters. The Hall–Kier alpha value is -1.59. The van der Waals surface area contributed by atoms with Gasteiger partial charge < -0.3 is 30.5 Å². The summed E-state index contributed by atoms with van der Waals surface area (Å²) in [6, 6.07) is 1.57. The van der Waals surface area contributed by atoms with Crippen LogP contribution < -0.4 is 5.73 Å². The van der Waals surface area contributed by atoms with Gasteiger partial charge in [-0.05, 0) is 6.07 Å². The van der Waals surface area contributed by atoms with E-state index >= 15 is 0 Å². The number of hydrogen-bond acceptors (Lipinski definition) is 8. The van der Waals surface area contributed by atoms with Gasteiger partial charge in [-0.2, -0.15) is 0 Å². The standard InChI is InChI=1S/C11H15N4O7P/c12-5-1-2-13-10-7(5)14-4-15(10)11-9(17)8(16)6(22-11)3-21-23(18,19)20/h1-2,4,6,8-9,11,16-17H,3H2,(H2,12,13)(H2,18,19,20)/t6?,8-,9-,11-/m1/s1. The van der Waals surface area contributed by atoms with E-state index in [1.165, 1.54) is 17.1 Å². The van der Waals surface area contributed by atoms with E-state index < -0.39 is 39.0 Å². The zero-order chi connectivity index (χ0) is 16.8. The van der Waals surface area contributed by atoms with Crippen molar-refractivity contribution in [2.75, 3.05) is 12.3 Å². The van der Waals surface area contributed by atoms with Gasteiger partial charge in [0.1, 0.15) is 23.8 Å². The number of nitrogens with zero attached hydrogens (tertiary/aromatic N) is 3. The minimum atomic E-state index is -4.71. The second-order valence-corrected chi connectivity index (χ2v) is 6.30. The average Bonchev–Trinajstić information content (AvgIpc) is 3.01. The van der Waals surface area contributed by atoms with Gasteiger partial charge >= 0.3 is 7.82 Å². The van der Waals surface area contributed by atoms with Crippen molar-refractivity contribution in [1.82, 2.24) is 14.5 Å². The van der Waals surface area contributed by atoms with E-state index in [0.717, 1.165) is 0 Å². The molecular formula is C11H15N4O7P. The van der Waals surface area contributed by atoms with E-state index in [1.54, 1.807) is 6.07 Å². The van der Waals surface area contributed by atoms with Crippen LogP contribution in [0.5, 0.6) is 0 Å². The molecule has 0 radical (unpaired) electrons. The molecule has 0 saturated carbocycles. The largest absolute Gasteiger partial charge is 0.469 e. The third kappa shape index (κ3) is 3.08. The fourth-order valence-electron chi connectivity index (χ4n) is 2.41.